The molecule has 7 heteroatoms. The zero-order valence-electron chi connectivity index (χ0n) is 15.1. The van der Waals surface area contributed by atoms with Gasteiger partial charge in [0.15, 0.2) is 0 Å². The van der Waals surface area contributed by atoms with Crippen LogP contribution in [0, 0.1) is 6.92 Å². The Morgan fingerprint density at radius 1 is 0.931 bits per heavy atom. The third kappa shape index (κ3) is 3.82. The van der Waals surface area contributed by atoms with Crippen LogP contribution in [-0.4, -0.2) is 9.97 Å². The highest BCUT2D eigenvalue weighted by Gasteiger charge is 2.31. The second-order valence-electron chi connectivity index (χ2n) is 6.70. The van der Waals surface area contributed by atoms with Gasteiger partial charge in [-0.2, -0.15) is 13.2 Å². The fourth-order valence-corrected chi connectivity index (χ4v) is 3.81. The van der Waals surface area contributed by atoms with Gasteiger partial charge in [-0.1, -0.05) is 46.3 Å². The Morgan fingerprint density at radius 3 is 2.31 bits per heavy atom. The zero-order valence-corrected chi connectivity index (χ0v) is 16.7. The standard InChI is InChI=1S/C22H14BrF3N2O/c1-12-7-17(23)11-18-19(12)27-20(28-21(18)29)15-8-14(13-5-3-2-4-6-13)9-16(10-15)22(24,25)26/h2-11H,1H3,(H,27,28,29). The van der Waals surface area contributed by atoms with Crippen LogP contribution in [-0.2, 0) is 6.18 Å². The summed E-state index contributed by atoms with van der Waals surface area (Å²) < 4.78 is 41.3. The molecule has 0 amide bonds. The molecule has 0 fully saturated rings. The lowest BCUT2D eigenvalue weighted by Gasteiger charge is -2.13. The maximum absolute atomic E-state index is 13.5. The van der Waals surface area contributed by atoms with Crippen LogP contribution in [0.2, 0.25) is 0 Å². The molecule has 4 aromatic rings. The van der Waals surface area contributed by atoms with Crippen molar-refractivity contribution >= 4 is 26.8 Å². The number of nitrogens with one attached hydrogen (secondary N) is 1. The third-order valence-corrected chi connectivity index (χ3v) is 5.06. The van der Waals surface area contributed by atoms with Crippen LogP contribution in [0.1, 0.15) is 11.1 Å². The number of hydrogen-bond acceptors (Lipinski definition) is 2. The van der Waals surface area contributed by atoms with E-state index in [4.69, 9.17) is 0 Å². The average Bonchev–Trinajstić information content (AvgIpc) is 2.68. The van der Waals surface area contributed by atoms with Crippen molar-refractivity contribution < 1.29 is 13.2 Å². The fraction of sp³-hybridized carbons (Fsp3) is 0.0909. The quantitative estimate of drug-likeness (QED) is 0.380. The minimum absolute atomic E-state index is 0.0937. The molecule has 0 spiro atoms. The molecule has 1 aromatic heterocycles. The van der Waals surface area contributed by atoms with E-state index in [2.05, 4.69) is 25.9 Å². The van der Waals surface area contributed by atoms with Crippen LogP contribution in [0.4, 0.5) is 13.2 Å². The highest BCUT2D eigenvalue weighted by molar-refractivity contribution is 9.10. The molecule has 3 aromatic carbocycles. The molecular formula is C22H14BrF3N2O. The predicted molar refractivity (Wildman–Crippen MR) is 111 cm³/mol. The van der Waals surface area contributed by atoms with Crippen molar-refractivity contribution in [2.45, 2.75) is 13.1 Å². The maximum atomic E-state index is 13.5. The Kier molecular flexibility index (Phi) is 4.78. The lowest BCUT2D eigenvalue weighted by molar-refractivity contribution is -0.137. The summed E-state index contributed by atoms with van der Waals surface area (Å²) in [7, 11) is 0. The predicted octanol–water partition coefficient (Wildman–Crippen LogP) is 6.35. The first kappa shape index (κ1) is 19.4. The van der Waals surface area contributed by atoms with E-state index in [1.165, 1.54) is 0 Å². The van der Waals surface area contributed by atoms with Gasteiger partial charge >= 0.3 is 6.18 Å². The van der Waals surface area contributed by atoms with E-state index < -0.39 is 17.3 Å². The van der Waals surface area contributed by atoms with E-state index in [1.54, 1.807) is 55.5 Å². The van der Waals surface area contributed by atoms with Crippen LogP contribution < -0.4 is 5.56 Å². The number of alkyl halides is 3. The van der Waals surface area contributed by atoms with E-state index in [9.17, 15) is 18.0 Å². The van der Waals surface area contributed by atoms with Crippen molar-refractivity contribution in [2.24, 2.45) is 0 Å². The molecule has 0 unspecified atom stereocenters. The Balaban J connectivity index is 1.98. The Bertz CT molecular complexity index is 1280. The van der Waals surface area contributed by atoms with E-state index in [1.807, 2.05) is 0 Å². The van der Waals surface area contributed by atoms with Crippen molar-refractivity contribution in [3.8, 4) is 22.5 Å². The number of aryl methyl sites for hydroxylation is 1. The molecule has 0 atom stereocenters. The number of aromatic amines is 1. The van der Waals surface area contributed by atoms with Crippen molar-refractivity contribution in [3.05, 3.63) is 86.6 Å². The van der Waals surface area contributed by atoms with Gasteiger partial charge in [0.2, 0.25) is 0 Å². The Morgan fingerprint density at radius 2 is 1.62 bits per heavy atom. The average molecular weight is 459 g/mol. The molecule has 0 radical (unpaired) electrons. The number of halogens is 4. The molecule has 1 heterocycles. The summed E-state index contributed by atoms with van der Waals surface area (Å²) in [4.78, 5) is 19.7. The van der Waals surface area contributed by atoms with Crippen molar-refractivity contribution in [1.82, 2.24) is 9.97 Å². The van der Waals surface area contributed by atoms with Gasteiger partial charge in [0.05, 0.1) is 16.5 Å². The molecule has 0 aliphatic rings. The van der Waals surface area contributed by atoms with Crippen molar-refractivity contribution in [2.75, 3.05) is 0 Å². The number of rotatable bonds is 2. The first-order chi connectivity index (χ1) is 13.7. The number of hydrogen-bond donors (Lipinski definition) is 1. The second-order valence-corrected chi connectivity index (χ2v) is 7.61. The van der Waals surface area contributed by atoms with Crippen LogP contribution >= 0.6 is 15.9 Å². The number of fused-ring (bicyclic) bond motifs is 1. The van der Waals surface area contributed by atoms with E-state index >= 15 is 0 Å². The molecule has 146 valence electrons. The van der Waals surface area contributed by atoms with Crippen LogP contribution in [0.25, 0.3) is 33.4 Å². The molecule has 29 heavy (non-hydrogen) atoms. The van der Waals surface area contributed by atoms with E-state index in [0.29, 0.717) is 22.0 Å². The van der Waals surface area contributed by atoms with E-state index in [0.717, 1.165) is 22.2 Å². The molecule has 4 rings (SSSR count). The van der Waals surface area contributed by atoms with Gasteiger partial charge in [-0.25, -0.2) is 4.98 Å². The molecule has 0 saturated carbocycles. The topological polar surface area (TPSA) is 45.8 Å². The lowest BCUT2D eigenvalue weighted by atomic mass is 9.99. The molecule has 0 bridgehead atoms. The molecule has 0 saturated heterocycles. The zero-order chi connectivity index (χ0) is 20.8. The smallest absolute Gasteiger partial charge is 0.306 e. The van der Waals surface area contributed by atoms with Gasteiger partial charge in [-0.15, -0.1) is 0 Å². The summed E-state index contributed by atoms with van der Waals surface area (Å²) in [5, 5.41) is 0.371. The summed E-state index contributed by atoms with van der Waals surface area (Å²) in [6.45, 7) is 1.80. The fourth-order valence-electron chi connectivity index (χ4n) is 3.23. The Labute approximate surface area is 172 Å². The van der Waals surface area contributed by atoms with Crippen LogP contribution in [0.5, 0.6) is 0 Å². The van der Waals surface area contributed by atoms with Crippen molar-refractivity contribution in [3.63, 3.8) is 0 Å². The minimum Gasteiger partial charge on any atom is -0.306 e. The molecule has 1 N–H and O–H groups in total. The van der Waals surface area contributed by atoms with Crippen molar-refractivity contribution in [1.29, 1.82) is 0 Å². The monoisotopic (exact) mass is 458 g/mol. The SMILES string of the molecule is Cc1cc(Br)cc2c(=O)[nH]c(-c3cc(-c4ccccc4)cc(C(F)(F)F)c3)nc12. The first-order valence-electron chi connectivity index (χ1n) is 8.70. The Hall–Kier alpha value is -2.93. The number of nitrogens with zero attached hydrogens (tertiary/aromatic N) is 1. The van der Waals surface area contributed by atoms with Gasteiger partial charge in [0, 0.05) is 10.0 Å². The lowest BCUT2D eigenvalue weighted by Crippen LogP contribution is -2.11. The van der Waals surface area contributed by atoms with Crippen LogP contribution in [0.3, 0.4) is 0 Å². The summed E-state index contributed by atoms with van der Waals surface area (Å²) in [5.74, 6) is 0.0937. The number of benzene rings is 3. The summed E-state index contributed by atoms with van der Waals surface area (Å²) in [6, 6.07) is 15.9. The highest BCUT2D eigenvalue weighted by Crippen LogP contribution is 2.35. The van der Waals surface area contributed by atoms with E-state index in [-0.39, 0.29) is 11.4 Å². The van der Waals surface area contributed by atoms with Gasteiger partial charge < -0.3 is 4.98 Å². The summed E-state index contributed by atoms with van der Waals surface area (Å²) in [6.07, 6.45) is -4.53. The molecular weight excluding hydrogens is 445 g/mol. The van der Waals surface area contributed by atoms with Gasteiger partial charge in [-0.05, 0) is 53.9 Å². The second kappa shape index (κ2) is 7.15. The van der Waals surface area contributed by atoms with Gasteiger partial charge in [-0.3, -0.25) is 4.79 Å². The first-order valence-corrected chi connectivity index (χ1v) is 9.50. The normalized spacial score (nSPS) is 11.8. The number of H-pyrrole nitrogens is 1. The van der Waals surface area contributed by atoms with Gasteiger partial charge in [0.25, 0.3) is 5.56 Å². The largest absolute Gasteiger partial charge is 0.416 e. The summed E-state index contributed by atoms with van der Waals surface area (Å²) in [5.41, 5.74) is 1.22. The summed E-state index contributed by atoms with van der Waals surface area (Å²) >= 11 is 3.34. The molecule has 0 aliphatic carbocycles. The highest BCUT2D eigenvalue weighted by atomic mass is 79.9. The minimum atomic E-state index is -4.53. The molecule has 3 nitrogen and oxygen atoms in total. The van der Waals surface area contributed by atoms with Crippen LogP contribution in [0.15, 0.2) is 69.9 Å². The van der Waals surface area contributed by atoms with Gasteiger partial charge in [0.1, 0.15) is 5.82 Å². The third-order valence-electron chi connectivity index (χ3n) is 4.61. The number of aromatic nitrogens is 2. The maximum Gasteiger partial charge on any atom is 0.416 e. The molecule has 0 aliphatic heterocycles.